The second-order valence-electron chi connectivity index (χ2n) is 22.1. The van der Waals surface area contributed by atoms with Crippen LogP contribution in [-0.4, -0.2) is 84.8 Å². The molecule has 0 spiro atoms. The van der Waals surface area contributed by atoms with Gasteiger partial charge in [-0.1, -0.05) is 58.9 Å². The number of rotatable bonds is 11. The van der Waals surface area contributed by atoms with E-state index >= 15 is 4.79 Å². The molecule has 10 atom stereocenters. The molecule has 1 aliphatic heterocycles. The number of fused-ring (bicyclic) bond motifs is 7. The van der Waals surface area contributed by atoms with E-state index in [1.807, 2.05) is 35.2 Å². The lowest BCUT2D eigenvalue weighted by molar-refractivity contribution is -0.250. The molecular formula is C51H74N2O8. The van der Waals surface area contributed by atoms with E-state index in [-0.39, 0.29) is 52.8 Å². The number of esters is 1. The molecule has 1 N–H and O–H groups in total. The van der Waals surface area contributed by atoms with E-state index in [0.29, 0.717) is 61.5 Å². The summed E-state index contributed by atoms with van der Waals surface area (Å²) in [5.41, 5.74) is 0.571. The Kier molecular flexibility index (Phi) is 12.3. The highest BCUT2D eigenvalue weighted by Crippen LogP contribution is 2.77. The molecule has 1 aromatic carbocycles. The summed E-state index contributed by atoms with van der Waals surface area (Å²) in [5, 5.41) is 9.66. The van der Waals surface area contributed by atoms with Crippen molar-refractivity contribution in [3.63, 3.8) is 0 Å². The molecule has 2 amide bonds. The minimum Gasteiger partial charge on any atom is -0.481 e. The summed E-state index contributed by atoms with van der Waals surface area (Å²) in [4.78, 5) is 57.4. The number of benzene rings is 1. The largest absolute Gasteiger partial charge is 0.481 e. The third-order valence-electron chi connectivity index (χ3n) is 18.4. The molecule has 1 heterocycles. The maximum absolute atomic E-state index is 15.2. The second kappa shape index (κ2) is 16.5. The van der Waals surface area contributed by atoms with Gasteiger partial charge in [0.05, 0.1) is 17.3 Å². The number of nitrogens with zero attached hydrogens (tertiary/aromatic N) is 2. The van der Waals surface area contributed by atoms with E-state index in [9.17, 15) is 19.5 Å². The molecule has 61 heavy (non-hydrogen) atoms. The first-order chi connectivity index (χ1) is 28.6. The topological polar surface area (TPSA) is 123 Å². The lowest BCUT2D eigenvalue weighted by Gasteiger charge is -2.73. The summed E-state index contributed by atoms with van der Waals surface area (Å²) < 4.78 is 16.6. The number of carboxylic acid groups (broad SMARTS) is 1. The van der Waals surface area contributed by atoms with E-state index in [2.05, 4.69) is 53.0 Å². The number of allylic oxidation sites excluding steroid dienone is 1. The van der Waals surface area contributed by atoms with Crippen LogP contribution in [0, 0.1) is 62.1 Å². The highest BCUT2D eigenvalue weighted by atomic mass is 16.7. The molecule has 0 bridgehead atoms. The molecule has 0 radical (unpaired) electrons. The first-order valence-corrected chi connectivity index (χ1v) is 23.2. The third kappa shape index (κ3) is 7.66. The number of carbonyl (C=O) groups excluding carboxylic acids is 3. The van der Waals surface area contributed by atoms with Gasteiger partial charge in [-0.15, -0.1) is 0 Å². The molecule has 6 fully saturated rings. The van der Waals surface area contributed by atoms with Gasteiger partial charge in [-0.25, -0.2) is 0 Å². The Morgan fingerprint density at radius 2 is 1.51 bits per heavy atom. The Morgan fingerprint density at radius 1 is 0.836 bits per heavy atom. The van der Waals surface area contributed by atoms with E-state index < -0.39 is 22.8 Å². The number of aliphatic carboxylic acids is 1. The van der Waals surface area contributed by atoms with Crippen molar-refractivity contribution in [3.05, 3.63) is 48.1 Å². The summed E-state index contributed by atoms with van der Waals surface area (Å²) in [7, 11) is 1.58. The van der Waals surface area contributed by atoms with Gasteiger partial charge in [0.1, 0.15) is 11.9 Å². The van der Waals surface area contributed by atoms with Crippen molar-refractivity contribution in [2.24, 2.45) is 62.1 Å². The summed E-state index contributed by atoms with van der Waals surface area (Å²) in [6, 6.07) is 7.54. The summed E-state index contributed by atoms with van der Waals surface area (Å²) >= 11 is 0. The number of carboxylic acids is 1. The highest BCUT2D eigenvalue weighted by Gasteiger charge is 2.72. The van der Waals surface area contributed by atoms with Crippen molar-refractivity contribution in [2.75, 3.05) is 40.1 Å². The molecular weight excluding hydrogens is 769 g/mol. The fraction of sp³-hybridized carbons (Fsp3) is 0.725. The average molecular weight is 843 g/mol. The number of piperazine rings is 1. The zero-order valence-electron chi connectivity index (χ0n) is 38.6. The van der Waals surface area contributed by atoms with Crippen molar-refractivity contribution in [2.45, 2.75) is 132 Å². The number of methoxy groups -OCH3 is 1. The molecule has 1 saturated heterocycles. The zero-order valence-corrected chi connectivity index (χ0v) is 38.6. The summed E-state index contributed by atoms with van der Waals surface area (Å²) in [6.07, 6.45) is 13.2. The van der Waals surface area contributed by atoms with E-state index in [1.165, 1.54) is 5.57 Å². The van der Waals surface area contributed by atoms with E-state index in [4.69, 9.17) is 14.2 Å². The Bertz CT molecular complexity index is 1900. The lowest BCUT2D eigenvalue weighted by atomic mass is 9.32. The van der Waals surface area contributed by atoms with Crippen LogP contribution in [0.4, 0.5) is 0 Å². The Hall–Kier alpha value is -3.66. The maximum atomic E-state index is 15.2. The molecule has 7 rings (SSSR count). The Morgan fingerprint density at radius 3 is 2.15 bits per heavy atom. The van der Waals surface area contributed by atoms with E-state index in [0.717, 1.165) is 69.8 Å². The van der Waals surface area contributed by atoms with Crippen LogP contribution in [0.5, 0.6) is 5.75 Å². The normalized spacial score (nSPS) is 36.9. The van der Waals surface area contributed by atoms with Crippen LogP contribution in [0.2, 0.25) is 0 Å². The van der Waals surface area contributed by atoms with Crippen LogP contribution in [0.15, 0.2) is 42.5 Å². The SMILES string of the molecule is C=C(C)[C@@H]1CC[C@]2(C(=O)N3CCN(C(=O)/C=C/c4ccc(OCOC)cc4)CC3)CC[C@]3(C)[C@H](CC[C@@H]4[C@@]5(C)CC[C@H](OC(=O)CC(C)(C)C(=O)O)C(C)(C)[C@@H]5CC[C@]43C)[C@@H]12. The smallest absolute Gasteiger partial charge is 0.309 e. The van der Waals surface area contributed by atoms with Crippen LogP contribution < -0.4 is 4.74 Å². The number of hydrogen-bond acceptors (Lipinski definition) is 7. The first-order valence-electron chi connectivity index (χ1n) is 23.2. The molecule has 6 aliphatic rings. The summed E-state index contributed by atoms with van der Waals surface area (Å²) in [6.45, 7) is 24.6. The van der Waals surface area contributed by atoms with Crippen LogP contribution in [0.1, 0.15) is 132 Å². The molecule has 0 aromatic heterocycles. The Balaban J connectivity index is 1.05. The Labute approximate surface area is 365 Å². The number of ether oxygens (including phenoxy) is 3. The van der Waals surface area contributed by atoms with Crippen molar-refractivity contribution < 1.29 is 38.5 Å². The monoisotopic (exact) mass is 843 g/mol. The predicted octanol–water partition coefficient (Wildman–Crippen LogP) is 9.42. The quantitative estimate of drug-likeness (QED) is 0.101. The van der Waals surface area contributed by atoms with E-state index in [1.54, 1.807) is 27.0 Å². The molecule has 1 aromatic rings. The minimum atomic E-state index is -1.17. The van der Waals surface area contributed by atoms with Gasteiger partial charge in [-0.2, -0.15) is 0 Å². The first kappa shape index (κ1) is 45.4. The van der Waals surface area contributed by atoms with Crippen molar-refractivity contribution in [1.29, 1.82) is 0 Å². The van der Waals surface area contributed by atoms with Crippen LogP contribution >= 0.6 is 0 Å². The van der Waals surface area contributed by atoms with Gasteiger partial charge in [0.15, 0.2) is 6.79 Å². The zero-order chi connectivity index (χ0) is 44.3. The maximum Gasteiger partial charge on any atom is 0.309 e. The van der Waals surface area contributed by atoms with Crippen LogP contribution in [0.3, 0.4) is 0 Å². The van der Waals surface area contributed by atoms with Gasteiger partial charge in [-0.3, -0.25) is 19.2 Å². The number of hydrogen-bond donors (Lipinski definition) is 1. The third-order valence-corrected chi connectivity index (χ3v) is 18.4. The highest BCUT2D eigenvalue weighted by molar-refractivity contribution is 5.92. The lowest BCUT2D eigenvalue weighted by Crippen LogP contribution is -2.68. The minimum absolute atomic E-state index is 0.0365. The van der Waals surface area contributed by atoms with Gasteiger partial charge in [0.25, 0.3) is 0 Å². The number of amides is 2. The summed E-state index contributed by atoms with van der Waals surface area (Å²) in [5.74, 6) is 1.48. The van der Waals surface area contributed by atoms with Crippen molar-refractivity contribution >= 4 is 29.8 Å². The van der Waals surface area contributed by atoms with Gasteiger partial charge in [-0.05, 0) is 155 Å². The van der Waals surface area contributed by atoms with Crippen molar-refractivity contribution in [3.8, 4) is 5.75 Å². The fourth-order valence-electron chi connectivity index (χ4n) is 14.9. The predicted molar refractivity (Wildman–Crippen MR) is 236 cm³/mol. The second-order valence-corrected chi connectivity index (χ2v) is 22.1. The average Bonchev–Trinajstić information content (AvgIpc) is 3.62. The van der Waals surface area contributed by atoms with Gasteiger partial charge >= 0.3 is 11.9 Å². The van der Waals surface area contributed by atoms with Gasteiger partial charge in [0, 0.05) is 44.8 Å². The van der Waals surface area contributed by atoms with Gasteiger partial charge < -0.3 is 29.1 Å². The van der Waals surface area contributed by atoms with Crippen LogP contribution in [-0.2, 0) is 28.7 Å². The van der Waals surface area contributed by atoms with Crippen molar-refractivity contribution in [1.82, 2.24) is 9.80 Å². The molecule has 10 heteroatoms. The van der Waals surface area contributed by atoms with Crippen LogP contribution in [0.25, 0.3) is 6.08 Å². The van der Waals surface area contributed by atoms with Gasteiger partial charge in [0.2, 0.25) is 11.8 Å². The molecule has 5 aliphatic carbocycles. The number of carbonyl (C=O) groups is 4. The standard InChI is InChI=1S/C51H74N2O8/c1-33(2)36-19-24-51(44(56)53-29-27-52(28-30-53)41(54)18-13-34-11-14-35(15-12-34)60-32-59-10)26-25-49(8)37(43(36)51)16-17-39-48(7)22-21-40(61-42(55)31-46(3,4)45(57)58)47(5,6)38(48)20-23-50(39,49)9/h11-15,18,36-40,43H,1,16-17,19-32H2,2-10H3,(H,57,58)/b18-13+/t36-,37+,38-,39+,40-,43+,48-,49+,50+,51-/m0/s1. The molecule has 10 nitrogen and oxygen atoms in total. The fourth-order valence-corrected chi connectivity index (χ4v) is 14.9. The molecule has 336 valence electrons. The molecule has 0 unspecified atom stereocenters. The molecule has 5 saturated carbocycles.